The summed E-state index contributed by atoms with van der Waals surface area (Å²) in [5.74, 6) is -0.0176. The Morgan fingerprint density at radius 1 is 1.09 bits per heavy atom. The number of hydrogen-bond acceptors (Lipinski definition) is 4. The molecule has 1 spiro atoms. The Bertz CT molecular complexity index is 856. The van der Waals surface area contributed by atoms with Crippen LogP contribution in [0.4, 0.5) is 4.79 Å². The number of imide groups is 1. The lowest BCUT2D eigenvalue weighted by Gasteiger charge is -2.40. The summed E-state index contributed by atoms with van der Waals surface area (Å²) in [6.07, 6.45) is 3.83. The number of nitrogens with one attached hydrogen (secondary N) is 1. The first-order valence-electron chi connectivity index (χ1n) is 11.9. The first-order chi connectivity index (χ1) is 15.2. The fraction of sp³-hybridized carbons (Fsp3) is 0.640. The number of benzene rings is 1. The van der Waals surface area contributed by atoms with Crippen LogP contribution < -0.4 is 5.32 Å². The Morgan fingerprint density at radius 3 is 2.44 bits per heavy atom. The van der Waals surface area contributed by atoms with Crippen molar-refractivity contribution in [1.29, 1.82) is 0 Å². The summed E-state index contributed by atoms with van der Waals surface area (Å²) >= 11 is 0. The molecule has 1 aromatic carbocycles. The Labute approximate surface area is 191 Å². The molecule has 4 amide bonds. The molecule has 1 N–H and O–H groups in total. The molecular weight excluding hydrogens is 404 g/mol. The summed E-state index contributed by atoms with van der Waals surface area (Å²) in [5.41, 5.74) is 0.0692. The van der Waals surface area contributed by atoms with E-state index in [1.54, 1.807) is 0 Å². The van der Waals surface area contributed by atoms with E-state index in [0.717, 1.165) is 38.9 Å². The molecule has 3 aliphatic heterocycles. The Kier molecular flexibility index (Phi) is 6.30. The topological polar surface area (TPSA) is 73.0 Å². The van der Waals surface area contributed by atoms with E-state index in [2.05, 4.69) is 34.5 Å². The number of likely N-dealkylation sites (tertiary alicyclic amines) is 2. The van der Waals surface area contributed by atoms with Gasteiger partial charge in [0.2, 0.25) is 5.91 Å². The lowest BCUT2D eigenvalue weighted by molar-refractivity contribution is -0.144. The number of amides is 4. The molecule has 0 aromatic heterocycles. The van der Waals surface area contributed by atoms with E-state index >= 15 is 0 Å². The van der Waals surface area contributed by atoms with Crippen molar-refractivity contribution in [1.82, 2.24) is 20.0 Å². The molecule has 0 bridgehead atoms. The zero-order valence-corrected chi connectivity index (χ0v) is 19.6. The van der Waals surface area contributed by atoms with Crippen LogP contribution in [0.25, 0.3) is 0 Å². The van der Waals surface area contributed by atoms with Crippen molar-refractivity contribution in [2.45, 2.75) is 64.5 Å². The van der Waals surface area contributed by atoms with E-state index in [4.69, 9.17) is 0 Å². The van der Waals surface area contributed by atoms with Crippen LogP contribution in [0, 0.1) is 5.41 Å². The van der Waals surface area contributed by atoms with Gasteiger partial charge in [0.15, 0.2) is 0 Å². The van der Waals surface area contributed by atoms with Crippen LogP contribution in [0.3, 0.4) is 0 Å². The van der Waals surface area contributed by atoms with Crippen LogP contribution >= 0.6 is 0 Å². The van der Waals surface area contributed by atoms with Gasteiger partial charge in [-0.3, -0.25) is 14.5 Å². The first kappa shape index (κ1) is 22.8. The van der Waals surface area contributed by atoms with Crippen molar-refractivity contribution in [2.75, 3.05) is 32.7 Å². The van der Waals surface area contributed by atoms with Crippen molar-refractivity contribution < 1.29 is 14.4 Å². The molecule has 3 aliphatic rings. The maximum absolute atomic E-state index is 13.5. The van der Waals surface area contributed by atoms with E-state index < -0.39 is 11.0 Å². The van der Waals surface area contributed by atoms with Crippen LogP contribution in [0.1, 0.15) is 52.0 Å². The third-order valence-electron chi connectivity index (χ3n) is 7.15. The number of piperidine rings is 2. The molecule has 0 unspecified atom stereocenters. The van der Waals surface area contributed by atoms with Gasteiger partial charge in [0.05, 0.1) is 6.04 Å². The number of rotatable bonds is 4. The Balaban J connectivity index is 1.36. The molecule has 4 rings (SSSR count). The molecule has 7 nitrogen and oxygen atoms in total. The van der Waals surface area contributed by atoms with E-state index in [0.29, 0.717) is 25.9 Å². The second kappa shape index (κ2) is 8.85. The molecule has 0 aliphatic carbocycles. The number of urea groups is 1. The van der Waals surface area contributed by atoms with Crippen molar-refractivity contribution in [3.63, 3.8) is 0 Å². The van der Waals surface area contributed by atoms with Gasteiger partial charge in [0.1, 0.15) is 5.54 Å². The lowest BCUT2D eigenvalue weighted by atomic mass is 9.86. The van der Waals surface area contributed by atoms with Crippen LogP contribution in [0.5, 0.6) is 0 Å². The van der Waals surface area contributed by atoms with Gasteiger partial charge in [0, 0.05) is 38.1 Å². The Hall–Kier alpha value is -2.41. The fourth-order valence-corrected chi connectivity index (χ4v) is 5.23. The molecule has 7 heteroatoms. The van der Waals surface area contributed by atoms with Crippen LogP contribution in [-0.2, 0) is 16.0 Å². The maximum atomic E-state index is 13.5. The standard InChI is InChI=1S/C25H36N4O3/c1-24(2,3)21(30)28-14-7-10-20(18-28)29-22(31)25(26-23(29)32)12-16-27(17-13-25)15-11-19-8-5-4-6-9-19/h4-6,8-9,20H,7,10-18H2,1-3H3,(H,26,32)/t20-/m0/s1. The van der Waals surface area contributed by atoms with Gasteiger partial charge in [-0.1, -0.05) is 51.1 Å². The molecule has 32 heavy (non-hydrogen) atoms. The van der Waals surface area contributed by atoms with Crippen molar-refractivity contribution in [2.24, 2.45) is 5.41 Å². The highest BCUT2D eigenvalue weighted by Gasteiger charge is 2.54. The predicted octanol–water partition coefficient (Wildman–Crippen LogP) is 2.65. The highest BCUT2D eigenvalue weighted by molar-refractivity contribution is 6.07. The highest BCUT2D eigenvalue weighted by atomic mass is 16.2. The van der Waals surface area contributed by atoms with Crippen molar-refractivity contribution >= 4 is 17.8 Å². The molecule has 0 radical (unpaired) electrons. The minimum atomic E-state index is -0.781. The van der Waals surface area contributed by atoms with Gasteiger partial charge in [-0.15, -0.1) is 0 Å². The first-order valence-corrected chi connectivity index (χ1v) is 11.9. The number of hydrogen-bond donors (Lipinski definition) is 1. The minimum absolute atomic E-state index is 0.0793. The largest absolute Gasteiger partial charge is 0.340 e. The quantitative estimate of drug-likeness (QED) is 0.731. The summed E-state index contributed by atoms with van der Waals surface area (Å²) in [6.45, 7) is 9.41. The van der Waals surface area contributed by atoms with Gasteiger partial charge < -0.3 is 15.1 Å². The molecule has 174 valence electrons. The van der Waals surface area contributed by atoms with Crippen molar-refractivity contribution in [3.05, 3.63) is 35.9 Å². The minimum Gasteiger partial charge on any atom is -0.340 e. The van der Waals surface area contributed by atoms with Gasteiger partial charge in [-0.05, 0) is 37.7 Å². The second-order valence-corrected chi connectivity index (χ2v) is 10.6. The third-order valence-corrected chi connectivity index (χ3v) is 7.15. The Morgan fingerprint density at radius 2 is 1.78 bits per heavy atom. The van der Waals surface area contributed by atoms with Crippen LogP contribution in [-0.4, -0.2) is 76.8 Å². The molecule has 3 saturated heterocycles. The molecule has 1 atom stereocenters. The number of carbonyl (C=O) groups excluding carboxylic acids is 3. The maximum Gasteiger partial charge on any atom is 0.325 e. The zero-order valence-electron chi connectivity index (χ0n) is 19.6. The van der Waals surface area contributed by atoms with Gasteiger partial charge in [-0.25, -0.2) is 4.79 Å². The normalized spacial score (nSPS) is 24.2. The fourth-order valence-electron chi connectivity index (χ4n) is 5.23. The second-order valence-electron chi connectivity index (χ2n) is 10.6. The number of carbonyl (C=O) groups is 3. The summed E-state index contributed by atoms with van der Waals surface area (Å²) in [6, 6.07) is 9.90. The average Bonchev–Trinajstić information content (AvgIpc) is 3.02. The summed E-state index contributed by atoms with van der Waals surface area (Å²) < 4.78 is 0. The molecule has 3 fully saturated rings. The van der Waals surface area contributed by atoms with Gasteiger partial charge in [0.25, 0.3) is 5.91 Å². The zero-order chi connectivity index (χ0) is 22.9. The third kappa shape index (κ3) is 4.53. The van der Waals surface area contributed by atoms with E-state index in [1.807, 2.05) is 31.7 Å². The van der Waals surface area contributed by atoms with E-state index in [1.165, 1.54) is 10.5 Å². The molecule has 0 saturated carbocycles. The summed E-state index contributed by atoms with van der Waals surface area (Å²) in [7, 11) is 0. The highest BCUT2D eigenvalue weighted by Crippen LogP contribution is 2.33. The summed E-state index contributed by atoms with van der Waals surface area (Å²) in [5, 5.41) is 3.04. The SMILES string of the molecule is CC(C)(C)C(=O)N1CCC[C@H](N2C(=O)NC3(CCN(CCc4ccccc4)CC3)C2=O)C1. The molecular formula is C25H36N4O3. The van der Waals surface area contributed by atoms with E-state index in [-0.39, 0.29) is 23.9 Å². The smallest absolute Gasteiger partial charge is 0.325 e. The van der Waals surface area contributed by atoms with Gasteiger partial charge >= 0.3 is 6.03 Å². The van der Waals surface area contributed by atoms with Crippen LogP contribution in [0.2, 0.25) is 0 Å². The predicted molar refractivity (Wildman–Crippen MR) is 123 cm³/mol. The lowest BCUT2D eigenvalue weighted by Crippen LogP contribution is -2.57. The van der Waals surface area contributed by atoms with Gasteiger partial charge in [-0.2, -0.15) is 0 Å². The summed E-state index contributed by atoms with van der Waals surface area (Å²) in [4.78, 5) is 44.8. The number of nitrogens with zero attached hydrogens (tertiary/aromatic N) is 3. The van der Waals surface area contributed by atoms with Crippen LogP contribution in [0.15, 0.2) is 30.3 Å². The van der Waals surface area contributed by atoms with Crippen molar-refractivity contribution in [3.8, 4) is 0 Å². The molecule has 1 aromatic rings. The average molecular weight is 441 g/mol. The van der Waals surface area contributed by atoms with E-state index in [9.17, 15) is 14.4 Å². The monoisotopic (exact) mass is 440 g/mol. The molecule has 3 heterocycles.